The van der Waals surface area contributed by atoms with E-state index in [-0.39, 0.29) is 0 Å². The van der Waals surface area contributed by atoms with E-state index in [1.807, 2.05) is 32.2 Å². The monoisotopic (exact) mass is 355 g/mol. The molecule has 0 radical (unpaired) electrons. The van der Waals surface area contributed by atoms with Crippen molar-refractivity contribution in [1.29, 1.82) is 0 Å². The van der Waals surface area contributed by atoms with Crippen molar-refractivity contribution in [2.45, 2.75) is 20.4 Å². The molecule has 0 aliphatic carbocycles. The van der Waals surface area contributed by atoms with Crippen LogP contribution in [-0.2, 0) is 25.9 Å². The van der Waals surface area contributed by atoms with Crippen molar-refractivity contribution in [2.75, 3.05) is 7.05 Å². The zero-order valence-corrected chi connectivity index (χ0v) is 15.8. The topological polar surface area (TPSA) is 34.3 Å². The van der Waals surface area contributed by atoms with Gasteiger partial charge in [0.15, 0.2) is 0 Å². The number of aryl methyl sites for hydroxylation is 2. The molecular weight excluding hydrogens is 336 g/mol. The third-order valence-electron chi connectivity index (χ3n) is 3.18. The molecule has 0 aliphatic rings. The van der Waals surface area contributed by atoms with Crippen molar-refractivity contribution >= 4 is 28.5 Å². The van der Waals surface area contributed by atoms with Crippen LogP contribution >= 0.6 is 17.9 Å². The van der Waals surface area contributed by atoms with Crippen LogP contribution in [0.4, 0.5) is 0 Å². The molecule has 0 spiro atoms. The first-order valence-corrected chi connectivity index (χ1v) is 9.67. The maximum atomic E-state index is 10.2. The van der Waals surface area contributed by atoms with Gasteiger partial charge in [-0.25, -0.2) is 0 Å². The molecule has 0 amide bonds. The summed E-state index contributed by atoms with van der Waals surface area (Å²) in [7, 11) is 6.94. The van der Waals surface area contributed by atoms with Gasteiger partial charge in [-0.3, -0.25) is 0 Å². The number of phenolic OH excluding ortho intramolecular Hbond substituents is 1. The van der Waals surface area contributed by atoms with Gasteiger partial charge in [0.05, 0.1) is 0 Å². The summed E-state index contributed by atoms with van der Waals surface area (Å²) in [5, 5.41) is 16.7. The molecule has 1 N–H and O–H groups in total. The Kier molecular flexibility index (Phi) is 8.55. The van der Waals surface area contributed by atoms with E-state index in [2.05, 4.69) is 39.7 Å². The van der Waals surface area contributed by atoms with E-state index in [1.54, 1.807) is 0 Å². The molecule has 2 rings (SSSR count). The molecule has 0 heterocycles. The molecule has 2 nitrogen and oxygen atoms in total. The minimum absolute atomic E-state index is 0.420. The maximum absolute atomic E-state index is 10.2. The molecule has 0 aliphatic heterocycles. The second-order valence-electron chi connectivity index (χ2n) is 4.68. The Morgan fingerprint density at radius 2 is 1.71 bits per heavy atom. The van der Waals surface area contributed by atoms with E-state index in [0.29, 0.717) is 14.3 Å². The molecule has 0 bridgehead atoms. The normalized spacial score (nSPS) is 10.4. The summed E-state index contributed by atoms with van der Waals surface area (Å²) in [6.07, 6.45) is 0. The Morgan fingerprint density at radius 1 is 1.10 bits per heavy atom. The first-order valence-electron chi connectivity index (χ1n) is 6.52. The van der Waals surface area contributed by atoms with Crippen LogP contribution in [0.1, 0.15) is 16.7 Å². The van der Waals surface area contributed by atoms with Crippen molar-refractivity contribution in [1.82, 2.24) is 0 Å². The first kappa shape index (κ1) is 18.7. The SMILES string of the molecule is C[N-]Cc1cccc(C)c1Pc1cccc(C)c1O.[Cl][Ti+]. The molecule has 5 heteroatoms. The standard InChI is InChI=1S/C16H19NOP.ClH.Ti/c1-11-6-5-9-14(15(11)18)19-16-12(2)7-4-8-13(16)10-17-3;;/h4-9,18-19H,10H2,1-3H3;1H;/q-1;;+2/p-1. The first-order chi connectivity index (χ1) is 10.1. The van der Waals surface area contributed by atoms with Crippen LogP contribution in [0.5, 0.6) is 5.75 Å². The van der Waals surface area contributed by atoms with Crippen molar-refractivity contribution in [2.24, 2.45) is 0 Å². The van der Waals surface area contributed by atoms with Gasteiger partial charge in [-0.2, -0.15) is 7.05 Å². The summed E-state index contributed by atoms with van der Waals surface area (Å²) in [4.78, 5) is 0. The van der Waals surface area contributed by atoms with Crippen molar-refractivity contribution < 1.29 is 24.5 Å². The van der Waals surface area contributed by atoms with Gasteiger partial charge in [0, 0.05) is 5.30 Å². The quantitative estimate of drug-likeness (QED) is 0.656. The number of benzene rings is 2. The van der Waals surface area contributed by atoms with Crippen LogP contribution in [0.3, 0.4) is 0 Å². The van der Waals surface area contributed by atoms with Crippen molar-refractivity contribution in [3.8, 4) is 5.75 Å². The van der Waals surface area contributed by atoms with Crippen LogP contribution in [-0.4, -0.2) is 12.2 Å². The summed E-state index contributed by atoms with van der Waals surface area (Å²) in [6.45, 7) is 4.79. The zero-order chi connectivity index (χ0) is 15.8. The molecule has 1 unspecified atom stereocenters. The van der Waals surface area contributed by atoms with Gasteiger partial charge >= 0.3 is 28.7 Å². The number of hydrogen-bond donors (Lipinski definition) is 1. The summed E-state index contributed by atoms with van der Waals surface area (Å²) in [5.74, 6) is 0.420. The van der Waals surface area contributed by atoms with E-state index in [4.69, 9.17) is 0 Å². The molecule has 21 heavy (non-hydrogen) atoms. The van der Waals surface area contributed by atoms with Crippen LogP contribution < -0.4 is 10.6 Å². The van der Waals surface area contributed by atoms with Gasteiger partial charge in [-0.15, -0.1) is 6.54 Å². The second-order valence-corrected chi connectivity index (χ2v) is 5.97. The summed E-state index contributed by atoms with van der Waals surface area (Å²) >= 11 is 1.47. The van der Waals surface area contributed by atoms with Crippen LogP contribution in [0.15, 0.2) is 36.4 Å². The predicted octanol–water partition coefficient (Wildman–Crippen LogP) is 3.83. The summed E-state index contributed by atoms with van der Waals surface area (Å²) in [6, 6.07) is 12.2. The van der Waals surface area contributed by atoms with Crippen LogP contribution in [0.25, 0.3) is 5.32 Å². The summed E-state index contributed by atoms with van der Waals surface area (Å²) < 4.78 is 0. The molecule has 0 saturated heterocycles. The number of aromatic hydroxyl groups is 1. The van der Waals surface area contributed by atoms with Crippen molar-refractivity contribution in [3.63, 3.8) is 0 Å². The van der Waals surface area contributed by atoms with Gasteiger partial charge in [-0.05, 0) is 30.3 Å². The average molecular weight is 356 g/mol. The van der Waals surface area contributed by atoms with Gasteiger partial charge in [0.25, 0.3) is 0 Å². The number of hydrogen-bond acceptors (Lipinski definition) is 1. The molecule has 0 fully saturated rings. The van der Waals surface area contributed by atoms with E-state index < -0.39 is 0 Å². The summed E-state index contributed by atoms with van der Waals surface area (Å²) in [5.41, 5.74) is 3.45. The molecule has 0 saturated carbocycles. The van der Waals surface area contributed by atoms with Crippen molar-refractivity contribution in [3.05, 3.63) is 58.4 Å². The third-order valence-corrected chi connectivity index (χ3v) is 4.82. The molecule has 0 aromatic heterocycles. The number of phenols is 1. The number of nitrogens with zero attached hydrogens (tertiary/aromatic N) is 1. The fourth-order valence-corrected chi connectivity index (χ4v) is 3.47. The molecule has 110 valence electrons. The molecule has 1 atom stereocenters. The molecule has 2 aromatic carbocycles. The predicted molar refractivity (Wildman–Crippen MR) is 90.4 cm³/mol. The van der Waals surface area contributed by atoms with E-state index in [1.165, 1.54) is 35.8 Å². The van der Waals surface area contributed by atoms with E-state index in [9.17, 15) is 5.11 Å². The Labute approximate surface area is 144 Å². The minimum atomic E-state index is 0.420. The second kappa shape index (κ2) is 9.61. The Morgan fingerprint density at radius 3 is 2.38 bits per heavy atom. The Balaban J connectivity index is 0.00000106. The van der Waals surface area contributed by atoms with Gasteiger partial charge in [-0.1, -0.05) is 50.5 Å². The fourth-order valence-electron chi connectivity index (χ4n) is 2.10. The third kappa shape index (κ3) is 5.09. The number of para-hydroxylation sites is 1. The number of rotatable bonds is 4. The van der Waals surface area contributed by atoms with E-state index >= 15 is 0 Å². The Bertz CT molecular complexity index is 592. The fraction of sp³-hybridized carbons (Fsp3) is 0.250. The molecular formula is C16H19ClNOPTi. The van der Waals surface area contributed by atoms with Crippen LogP contribution in [0.2, 0.25) is 0 Å². The van der Waals surface area contributed by atoms with E-state index in [0.717, 1.165) is 17.4 Å². The average Bonchev–Trinajstić information content (AvgIpc) is 2.49. The zero-order valence-electron chi connectivity index (χ0n) is 12.4. The number of halogens is 1. The molecule has 2 aromatic rings. The van der Waals surface area contributed by atoms with Crippen LogP contribution in [0, 0.1) is 13.8 Å². The van der Waals surface area contributed by atoms with Gasteiger partial charge in [0.2, 0.25) is 0 Å². The van der Waals surface area contributed by atoms with Gasteiger partial charge in [0.1, 0.15) is 5.75 Å². The van der Waals surface area contributed by atoms with Gasteiger partial charge < -0.3 is 10.4 Å². The Hall–Kier alpha value is -0.366.